The molecule has 1 unspecified atom stereocenters. The number of benzene rings is 1. The van der Waals surface area contributed by atoms with Crippen molar-refractivity contribution in [1.82, 2.24) is 25.0 Å². The number of nitrogens with zero attached hydrogens (tertiary/aromatic N) is 5. The van der Waals surface area contributed by atoms with Gasteiger partial charge in [0.2, 0.25) is 0 Å². The number of anilines is 1. The van der Waals surface area contributed by atoms with Gasteiger partial charge in [-0.15, -0.1) is 5.10 Å². The highest BCUT2D eigenvalue weighted by atomic mass is 35.5. The van der Waals surface area contributed by atoms with Crippen LogP contribution in [0.2, 0.25) is 10.0 Å². The minimum atomic E-state index is 0.130. The second kappa shape index (κ2) is 5.07. The Kier molecular flexibility index (Phi) is 3.16. The highest BCUT2D eigenvalue weighted by Gasteiger charge is 2.26. The Morgan fingerprint density at radius 3 is 3.00 bits per heavy atom. The Balaban J connectivity index is 1.73. The van der Waals surface area contributed by atoms with Crippen LogP contribution in [0, 0.1) is 0 Å². The van der Waals surface area contributed by atoms with Crippen LogP contribution in [0.15, 0.2) is 18.5 Å². The van der Waals surface area contributed by atoms with Gasteiger partial charge in [0.25, 0.3) is 0 Å². The van der Waals surface area contributed by atoms with Crippen molar-refractivity contribution in [1.29, 1.82) is 0 Å². The van der Waals surface area contributed by atoms with E-state index in [2.05, 4.69) is 25.6 Å². The first-order valence-electron chi connectivity index (χ1n) is 6.89. The third kappa shape index (κ3) is 2.02. The fourth-order valence-electron chi connectivity index (χ4n) is 2.91. The second-order valence-corrected chi connectivity index (χ2v) is 6.06. The summed E-state index contributed by atoms with van der Waals surface area (Å²) >= 11 is 12.4. The fourth-order valence-corrected chi connectivity index (χ4v) is 3.35. The molecule has 3 aromatic rings. The summed E-state index contributed by atoms with van der Waals surface area (Å²) in [4.78, 5) is 8.49. The summed E-state index contributed by atoms with van der Waals surface area (Å²) < 4.78 is 1.63. The molecule has 2 heterocycles. The molecule has 0 aliphatic heterocycles. The van der Waals surface area contributed by atoms with E-state index in [9.17, 15) is 0 Å². The van der Waals surface area contributed by atoms with E-state index in [1.807, 2.05) is 12.1 Å². The van der Waals surface area contributed by atoms with Gasteiger partial charge < -0.3 is 5.32 Å². The first kappa shape index (κ1) is 13.7. The van der Waals surface area contributed by atoms with Crippen LogP contribution in [0.1, 0.15) is 23.6 Å². The van der Waals surface area contributed by atoms with Crippen LogP contribution < -0.4 is 5.32 Å². The molecule has 1 N–H and O–H groups in total. The van der Waals surface area contributed by atoms with Crippen LogP contribution in [0.25, 0.3) is 11.2 Å². The summed E-state index contributed by atoms with van der Waals surface area (Å²) in [5.41, 5.74) is 3.63. The van der Waals surface area contributed by atoms with Gasteiger partial charge in [-0.2, -0.15) is 0 Å². The molecule has 1 aliphatic carbocycles. The van der Waals surface area contributed by atoms with Crippen molar-refractivity contribution in [2.75, 3.05) is 5.32 Å². The number of nitrogens with one attached hydrogen (secondary N) is 1. The zero-order valence-electron chi connectivity index (χ0n) is 11.7. The summed E-state index contributed by atoms with van der Waals surface area (Å²) in [7, 11) is 1.80. The van der Waals surface area contributed by atoms with Crippen molar-refractivity contribution in [3.8, 4) is 0 Å². The van der Waals surface area contributed by atoms with Crippen LogP contribution in [-0.4, -0.2) is 25.0 Å². The van der Waals surface area contributed by atoms with Crippen molar-refractivity contribution in [2.45, 2.75) is 18.9 Å². The normalized spacial score (nSPS) is 17.0. The zero-order valence-corrected chi connectivity index (χ0v) is 13.2. The number of aryl methyl sites for hydroxylation is 1. The maximum Gasteiger partial charge on any atom is 0.183 e. The van der Waals surface area contributed by atoms with Gasteiger partial charge in [0.1, 0.15) is 6.33 Å². The number of halogens is 2. The van der Waals surface area contributed by atoms with Crippen molar-refractivity contribution in [2.24, 2.45) is 7.05 Å². The van der Waals surface area contributed by atoms with Crippen LogP contribution in [0.5, 0.6) is 0 Å². The number of aromatic nitrogens is 5. The molecule has 0 saturated carbocycles. The molecular formula is C14H12Cl2N6. The van der Waals surface area contributed by atoms with Gasteiger partial charge in [-0.3, -0.25) is 0 Å². The zero-order chi connectivity index (χ0) is 15.3. The average molecular weight is 335 g/mol. The van der Waals surface area contributed by atoms with E-state index >= 15 is 0 Å². The summed E-state index contributed by atoms with van der Waals surface area (Å²) in [6.07, 6.45) is 3.33. The lowest BCUT2D eigenvalue weighted by Crippen LogP contribution is -2.09. The largest absolute Gasteiger partial charge is 0.361 e. The maximum absolute atomic E-state index is 6.29. The number of hydrogen-bond acceptors (Lipinski definition) is 5. The Labute approximate surface area is 136 Å². The van der Waals surface area contributed by atoms with E-state index in [-0.39, 0.29) is 6.04 Å². The number of rotatable bonds is 2. The first-order chi connectivity index (χ1) is 10.6. The van der Waals surface area contributed by atoms with Gasteiger partial charge in [0.05, 0.1) is 16.1 Å². The van der Waals surface area contributed by atoms with Crippen molar-refractivity contribution < 1.29 is 0 Å². The quantitative estimate of drug-likeness (QED) is 0.779. The summed E-state index contributed by atoms with van der Waals surface area (Å²) in [6.45, 7) is 0. The Morgan fingerprint density at radius 1 is 1.27 bits per heavy atom. The molecule has 0 fully saturated rings. The van der Waals surface area contributed by atoms with Gasteiger partial charge in [-0.05, 0) is 30.0 Å². The van der Waals surface area contributed by atoms with Crippen LogP contribution in [-0.2, 0) is 13.5 Å². The van der Waals surface area contributed by atoms with E-state index in [1.165, 1.54) is 6.33 Å². The SMILES string of the molecule is Cn1nnc2c(NC3CCc4c3ccc(Cl)c4Cl)ncnc21. The van der Waals surface area contributed by atoms with E-state index < -0.39 is 0 Å². The van der Waals surface area contributed by atoms with Crippen molar-refractivity contribution >= 4 is 40.2 Å². The molecule has 0 bridgehead atoms. The minimum absolute atomic E-state index is 0.130. The molecule has 4 rings (SSSR count). The van der Waals surface area contributed by atoms with Crippen molar-refractivity contribution in [3.63, 3.8) is 0 Å². The Morgan fingerprint density at radius 2 is 2.14 bits per heavy atom. The lowest BCUT2D eigenvalue weighted by atomic mass is 10.1. The first-order valence-corrected chi connectivity index (χ1v) is 7.64. The predicted octanol–water partition coefficient (Wildman–Crippen LogP) is 3.16. The molecular weight excluding hydrogens is 323 g/mol. The van der Waals surface area contributed by atoms with Crippen LogP contribution in [0.4, 0.5) is 5.82 Å². The Hall–Kier alpha value is -1.92. The molecule has 2 aromatic heterocycles. The molecule has 0 radical (unpaired) electrons. The molecule has 112 valence electrons. The Bertz CT molecular complexity index is 875. The van der Waals surface area contributed by atoms with Gasteiger partial charge in [-0.25, -0.2) is 14.6 Å². The molecule has 0 saturated heterocycles. The standard InChI is InChI=1S/C14H12Cl2N6/c1-22-14-12(20-21-22)13(17-6-18-14)19-10-5-3-8-7(10)2-4-9(15)11(8)16/h2,4,6,10H,3,5H2,1H3,(H,17,18,19). The third-order valence-corrected chi connectivity index (χ3v) is 4.83. The van der Waals surface area contributed by atoms with E-state index in [1.54, 1.807) is 11.7 Å². The summed E-state index contributed by atoms with van der Waals surface area (Å²) in [6, 6.07) is 3.98. The monoisotopic (exact) mass is 334 g/mol. The molecule has 0 amide bonds. The van der Waals surface area contributed by atoms with Crippen LogP contribution >= 0.6 is 23.2 Å². The van der Waals surface area contributed by atoms with Crippen molar-refractivity contribution in [3.05, 3.63) is 39.6 Å². The highest BCUT2D eigenvalue weighted by Crippen LogP contribution is 2.40. The smallest absolute Gasteiger partial charge is 0.183 e. The molecule has 6 nitrogen and oxygen atoms in total. The highest BCUT2D eigenvalue weighted by molar-refractivity contribution is 6.42. The summed E-state index contributed by atoms with van der Waals surface area (Å²) in [5.74, 6) is 0.682. The van der Waals surface area contributed by atoms with Gasteiger partial charge >= 0.3 is 0 Å². The summed E-state index contributed by atoms with van der Waals surface area (Å²) in [5, 5.41) is 12.8. The average Bonchev–Trinajstić information content (AvgIpc) is 3.09. The van der Waals surface area contributed by atoms with E-state index in [4.69, 9.17) is 23.2 Å². The second-order valence-electron chi connectivity index (χ2n) is 5.27. The van der Waals surface area contributed by atoms with Gasteiger partial charge in [-0.1, -0.05) is 34.5 Å². The lowest BCUT2D eigenvalue weighted by molar-refractivity contribution is 0.729. The van der Waals surface area contributed by atoms with Crippen LogP contribution in [0.3, 0.4) is 0 Å². The third-order valence-electron chi connectivity index (χ3n) is 3.99. The fraction of sp³-hybridized carbons (Fsp3) is 0.286. The molecule has 1 aliphatic rings. The van der Waals surface area contributed by atoms with E-state index in [0.717, 1.165) is 24.0 Å². The minimum Gasteiger partial charge on any atom is -0.361 e. The topological polar surface area (TPSA) is 68.5 Å². The molecule has 8 heteroatoms. The molecule has 1 aromatic carbocycles. The van der Waals surface area contributed by atoms with Gasteiger partial charge in [0.15, 0.2) is 17.0 Å². The van der Waals surface area contributed by atoms with Gasteiger partial charge in [0, 0.05) is 7.05 Å². The number of fused-ring (bicyclic) bond motifs is 2. The predicted molar refractivity (Wildman–Crippen MR) is 85.2 cm³/mol. The maximum atomic E-state index is 6.29. The van der Waals surface area contributed by atoms with E-state index in [0.29, 0.717) is 27.0 Å². The molecule has 0 spiro atoms. The molecule has 22 heavy (non-hydrogen) atoms. The lowest BCUT2D eigenvalue weighted by Gasteiger charge is -2.15. The number of hydrogen-bond donors (Lipinski definition) is 1. The molecule has 1 atom stereocenters.